The van der Waals surface area contributed by atoms with Crippen LogP contribution in [0.15, 0.2) is 53.4 Å². The number of halogens is 1. The topological polar surface area (TPSA) is 20.2 Å². The van der Waals surface area contributed by atoms with Gasteiger partial charge in [-0.25, -0.2) is 4.39 Å². The van der Waals surface area contributed by atoms with Crippen LogP contribution in [-0.2, 0) is 6.42 Å². The molecule has 0 bridgehead atoms. The molecule has 1 nitrogen and oxygen atoms in total. The number of hydrogen-bond donors (Lipinski definition) is 1. The molecule has 2 aromatic carbocycles. The van der Waals surface area contributed by atoms with Gasteiger partial charge in [-0.3, -0.25) is 0 Å². The summed E-state index contributed by atoms with van der Waals surface area (Å²) < 4.78 is 13.5. The van der Waals surface area contributed by atoms with Crippen molar-refractivity contribution in [2.45, 2.75) is 17.4 Å². The van der Waals surface area contributed by atoms with Crippen molar-refractivity contribution in [1.29, 1.82) is 0 Å². The Kier molecular flexibility index (Phi) is 4.39. The van der Waals surface area contributed by atoms with Crippen molar-refractivity contribution in [2.24, 2.45) is 0 Å². The lowest BCUT2D eigenvalue weighted by molar-refractivity contribution is 0.174. The predicted octanol–water partition coefficient (Wildman–Crippen LogP) is 3.82. The van der Waals surface area contributed by atoms with E-state index in [9.17, 15) is 9.50 Å². The van der Waals surface area contributed by atoms with E-state index in [1.807, 2.05) is 30.5 Å². The number of aliphatic hydroxyl groups excluding tert-OH is 1. The highest BCUT2D eigenvalue weighted by Crippen LogP contribution is 2.28. The van der Waals surface area contributed by atoms with E-state index in [1.54, 1.807) is 30.0 Å². The van der Waals surface area contributed by atoms with Gasteiger partial charge in [0.15, 0.2) is 0 Å². The Bertz CT molecular complexity index is 527. The molecular weight excluding hydrogens is 247 g/mol. The second-order valence-electron chi connectivity index (χ2n) is 4.05. The minimum Gasteiger partial charge on any atom is -0.388 e. The zero-order valence-corrected chi connectivity index (χ0v) is 11.0. The fourth-order valence-corrected chi connectivity index (χ4v) is 2.58. The summed E-state index contributed by atoms with van der Waals surface area (Å²) >= 11 is 1.58. The average molecular weight is 262 g/mol. The standard InChI is InChI=1S/C15H15FOS/c1-18-15-9-5-3-7-12(15)14(17)10-11-6-2-4-8-13(11)16/h2-9,14,17H,10H2,1H3. The van der Waals surface area contributed by atoms with Crippen LogP contribution in [0.2, 0.25) is 0 Å². The van der Waals surface area contributed by atoms with Crippen molar-refractivity contribution >= 4 is 11.8 Å². The first-order chi connectivity index (χ1) is 8.72. The van der Waals surface area contributed by atoms with Gasteiger partial charge in [0, 0.05) is 11.3 Å². The number of benzene rings is 2. The molecule has 0 fully saturated rings. The van der Waals surface area contributed by atoms with Crippen LogP contribution in [0.4, 0.5) is 4.39 Å². The molecule has 0 heterocycles. The van der Waals surface area contributed by atoms with Crippen LogP contribution < -0.4 is 0 Å². The van der Waals surface area contributed by atoms with E-state index >= 15 is 0 Å². The second kappa shape index (κ2) is 6.03. The molecule has 0 saturated carbocycles. The minimum absolute atomic E-state index is 0.266. The van der Waals surface area contributed by atoms with Gasteiger partial charge in [-0.15, -0.1) is 11.8 Å². The van der Waals surface area contributed by atoms with Crippen molar-refractivity contribution in [2.75, 3.05) is 6.26 Å². The van der Waals surface area contributed by atoms with Crippen molar-refractivity contribution in [3.63, 3.8) is 0 Å². The Morgan fingerprint density at radius 1 is 1.11 bits per heavy atom. The van der Waals surface area contributed by atoms with Crippen LogP contribution in [0.1, 0.15) is 17.2 Å². The van der Waals surface area contributed by atoms with Crippen LogP contribution >= 0.6 is 11.8 Å². The molecule has 0 saturated heterocycles. The van der Waals surface area contributed by atoms with Crippen LogP contribution in [-0.4, -0.2) is 11.4 Å². The van der Waals surface area contributed by atoms with E-state index in [2.05, 4.69) is 0 Å². The lowest BCUT2D eigenvalue weighted by Crippen LogP contribution is -2.04. The first-order valence-corrected chi connectivity index (χ1v) is 6.99. The van der Waals surface area contributed by atoms with E-state index in [1.165, 1.54) is 6.07 Å². The summed E-state index contributed by atoms with van der Waals surface area (Å²) in [5.74, 6) is -0.266. The van der Waals surface area contributed by atoms with Gasteiger partial charge in [0.2, 0.25) is 0 Å². The Labute approximate surface area is 111 Å². The highest BCUT2D eigenvalue weighted by atomic mass is 32.2. The van der Waals surface area contributed by atoms with Gasteiger partial charge in [-0.2, -0.15) is 0 Å². The minimum atomic E-state index is -0.675. The fourth-order valence-electron chi connectivity index (χ4n) is 1.92. The smallest absolute Gasteiger partial charge is 0.126 e. The number of thioether (sulfide) groups is 1. The normalized spacial score (nSPS) is 12.4. The van der Waals surface area contributed by atoms with Gasteiger partial charge in [0.25, 0.3) is 0 Å². The SMILES string of the molecule is CSc1ccccc1C(O)Cc1ccccc1F. The third-order valence-corrected chi connectivity index (χ3v) is 3.68. The summed E-state index contributed by atoms with van der Waals surface area (Å²) in [5, 5.41) is 10.2. The zero-order valence-electron chi connectivity index (χ0n) is 10.1. The molecule has 2 aromatic rings. The van der Waals surface area contributed by atoms with Gasteiger partial charge in [-0.05, 0) is 29.5 Å². The highest BCUT2D eigenvalue weighted by molar-refractivity contribution is 7.98. The summed E-state index contributed by atoms with van der Waals surface area (Å²) in [5.41, 5.74) is 1.40. The van der Waals surface area contributed by atoms with Crippen molar-refractivity contribution in [1.82, 2.24) is 0 Å². The van der Waals surface area contributed by atoms with Gasteiger partial charge in [-0.1, -0.05) is 36.4 Å². The molecule has 94 valence electrons. The first-order valence-electron chi connectivity index (χ1n) is 5.76. The molecular formula is C15H15FOS. The molecule has 0 amide bonds. The van der Waals surface area contributed by atoms with E-state index in [0.717, 1.165) is 10.5 Å². The molecule has 18 heavy (non-hydrogen) atoms. The molecule has 0 aromatic heterocycles. The molecule has 0 aliphatic rings. The molecule has 0 spiro atoms. The van der Waals surface area contributed by atoms with E-state index < -0.39 is 6.10 Å². The highest BCUT2D eigenvalue weighted by Gasteiger charge is 2.14. The van der Waals surface area contributed by atoms with Crippen molar-refractivity contribution in [3.05, 3.63) is 65.5 Å². The Morgan fingerprint density at radius 3 is 2.50 bits per heavy atom. The van der Waals surface area contributed by atoms with Crippen LogP contribution in [0.25, 0.3) is 0 Å². The van der Waals surface area contributed by atoms with Crippen LogP contribution in [0, 0.1) is 5.82 Å². The molecule has 1 N–H and O–H groups in total. The molecule has 2 rings (SSSR count). The average Bonchev–Trinajstić information content (AvgIpc) is 2.41. The molecule has 3 heteroatoms. The Hall–Kier alpha value is -1.32. The van der Waals surface area contributed by atoms with Gasteiger partial charge in [0.05, 0.1) is 6.10 Å². The lowest BCUT2D eigenvalue weighted by Gasteiger charge is -2.14. The van der Waals surface area contributed by atoms with Gasteiger partial charge < -0.3 is 5.11 Å². The maximum absolute atomic E-state index is 13.5. The first kappa shape index (κ1) is 13.1. The molecule has 0 aliphatic heterocycles. The maximum atomic E-state index is 13.5. The summed E-state index contributed by atoms with van der Waals surface area (Å²) in [6, 6.07) is 14.2. The van der Waals surface area contributed by atoms with E-state index in [0.29, 0.717) is 12.0 Å². The zero-order chi connectivity index (χ0) is 13.0. The maximum Gasteiger partial charge on any atom is 0.126 e. The van der Waals surface area contributed by atoms with E-state index in [-0.39, 0.29) is 5.82 Å². The fraction of sp³-hybridized carbons (Fsp3) is 0.200. The van der Waals surface area contributed by atoms with Crippen LogP contribution in [0.5, 0.6) is 0 Å². The third-order valence-electron chi connectivity index (χ3n) is 2.87. The molecule has 0 aliphatic carbocycles. The number of rotatable bonds is 4. The predicted molar refractivity (Wildman–Crippen MR) is 73.3 cm³/mol. The number of aliphatic hydroxyl groups is 1. The lowest BCUT2D eigenvalue weighted by atomic mass is 10.0. The summed E-state index contributed by atoms with van der Waals surface area (Å²) in [6.07, 6.45) is 1.59. The van der Waals surface area contributed by atoms with Crippen molar-refractivity contribution in [3.8, 4) is 0 Å². The summed E-state index contributed by atoms with van der Waals surface area (Å²) in [6.45, 7) is 0. The molecule has 1 unspecified atom stereocenters. The van der Waals surface area contributed by atoms with Crippen LogP contribution in [0.3, 0.4) is 0 Å². The Morgan fingerprint density at radius 2 is 1.78 bits per heavy atom. The second-order valence-corrected chi connectivity index (χ2v) is 4.90. The summed E-state index contributed by atoms with van der Waals surface area (Å²) in [4.78, 5) is 1.03. The Balaban J connectivity index is 2.22. The van der Waals surface area contributed by atoms with Gasteiger partial charge >= 0.3 is 0 Å². The van der Waals surface area contributed by atoms with Gasteiger partial charge in [0.1, 0.15) is 5.82 Å². The molecule has 0 radical (unpaired) electrons. The quantitative estimate of drug-likeness (QED) is 0.845. The van der Waals surface area contributed by atoms with Crippen molar-refractivity contribution < 1.29 is 9.50 Å². The third kappa shape index (κ3) is 2.92. The largest absolute Gasteiger partial charge is 0.388 e. The monoisotopic (exact) mass is 262 g/mol. The molecule has 1 atom stereocenters. The van der Waals surface area contributed by atoms with E-state index in [4.69, 9.17) is 0 Å². The number of hydrogen-bond acceptors (Lipinski definition) is 2. The summed E-state index contributed by atoms with van der Waals surface area (Å²) in [7, 11) is 0.